The molecule has 0 aliphatic heterocycles. The van der Waals surface area contributed by atoms with Crippen molar-refractivity contribution in [1.82, 2.24) is 0 Å². The molecular formula is C25H26IP2+. The molecule has 0 nitrogen and oxygen atoms in total. The fraction of sp³-hybridized carbons (Fsp3) is 0.0400. The summed E-state index contributed by atoms with van der Waals surface area (Å²) >= 11 is 0. The molecule has 0 aliphatic carbocycles. The first kappa shape index (κ1) is 22.8. The molecule has 0 saturated heterocycles. The molecule has 0 bridgehead atoms. The highest BCUT2D eigenvalue weighted by Crippen LogP contribution is 2.58. The van der Waals surface area contributed by atoms with Crippen LogP contribution in [0, 0.1) is 0 Å². The van der Waals surface area contributed by atoms with Gasteiger partial charge in [-0.2, -0.15) is 9.90 Å². The summed E-state index contributed by atoms with van der Waals surface area (Å²) in [7, 11) is -1.78. The number of hydrogen-bond acceptors (Lipinski definition) is 0. The minimum Gasteiger partial charge on any atom is -0.153 e. The Balaban J connectivity index is 0.00000140. The van der Waals surface area contributed by atoms with E-state index in [0.29, 0.717) is 0 Å². The largest absolute Gasteiger partial charge is 0.153 e. The predicted octanol–water partition coefficient (Wildman–Crippen LogP) is 5.86. The third-order valence-electron chi connectivity index (χ3n) is 4.85. The van der Waals surface area contributed by atoms with Crippen LogP contribution in [0.15, 0.2) is 121 Å². The maximum atomic E-state index is 2.30. The lowest BCUT2D eigenvalue weighted by Gasteiger charge is -2.27. The Morgan fingerprint density at radius 3 is 1.04 bits per heavy atom. The third-order valence-corrected chi connectivity index (χ3v) is 9.23. The summed E-state index contributed by atoms with van der Waals surface area (Å²) < 4.78 is 0. The van der Waals surface area contributed by atoms with E-state index in [1.54, 1.807) is 0 Å². The first-order chi connectivity index (χ1) is 12.9. The standard InChI is InChI=1S/C25H22P.HI.H3P/c1-5-13-22(14-6-1)21-26(23-15-7-2-8-16-23,24-17-9-3-10-18-24)25-19-11-4-12-20-25;;/h1-20H,21H2;1H;1H3/q+1;;. The molecule has 0 spiro atoms. The molecule has 0 aromatic heterocycles. The summed E-state index contributed by atoms with van der Waals surface area (Å²) in [6, 6.07) is 44.0. The van der Waals surface area contributed by atoms with E-state index in [-0.39, 0.29) is 33.9 Å². The quantitative estimate of drug-likeness (QED) is 0.231. The van der Waals surface area contributed by atoms with E-state index in [2.05, 4.69) is 121 Å². The van der Waals surface area contributed by atoms with Crippen LogP contribution in [-0.4, -0.2) is 0 Å². The third kappa shape index (κ3) is 4.71. The lowest BCUT2D eigenvalue weighted by Crippen LogP contribution is -2.32. The van der Waals surface area contributed by atoms with Crippen LogP contribution in [0.4, 0.5) is 0 Å². The van der Waals surface area contributed by atoms with Crippen molar-refractivity contribution in [1.29, 1.82) is 0 Å². The first-order valence-corrected chi connectivity index (χ1v) is 11.0. The van der Waals surface area contributed by atoms with Gasteiger partial charge in [-0.1, -0.05) is 84.9 Å². The van der Waals surface area contributed by atoms with Crippen molar-refractivity contribution < 1.29 is 0 Å². The molecule has 28 heavy (non-hydrogen) atoms. The topological polar surface area (TPSA) is 0 Å². The summed E-state index contributed by atoms with van der Waals surface area (Å²) in [5, 5.41) is 4.30. The van der Waals surface area contributed by atoms with E-state index < -0.39 is 7.26 Å². The summed E-state index contributed by atoms with van der Waals surface area (Å²) in [5.41, 5.74) is 1.39. The molecule has 4 rings (SSSR count). The Morgan fingerprint density at radius 1 is 0.429 bits per heavy atom. The fourth-order valence-corrected chi connectivity index (χ4v) is 7.87. The van der Waals surface area contributed by atoms with Crippen molar-refractivity contribution in [3.8, 4) is 0 Å². The van der Waals surface area contributed by atoms with Gasteiger partial charge in [0.05, 0.1) is 6.16 Å². The van der Waals surface area contributed by atoms with E-state index in [1.807, 2.05) is 0 Å². The van der Waals surface area contributed by atoms with Crippen LogP contribution in [0.25, 0.3) is 0 Å². The molecule has 1 unspecified atom stereocenters. The maximum Gasteiger partial charge on any atom is 0.116 e. The van der Waals surface area contributed by atoms with Crippen molar-refractivity contribution in [2.75, 3.05) is 0 Å². The SMILES string of the molecule is I.P.c1ccc(C[P+](c2ccccc2)(c2ccccc2)c2ccccc2)cc1. The van der Waals surface area contributed by atoms with Crippen molar-refractivity contribution in [2.24, 2.45) is 0 Å². The van der Waals surface area contributed by atoms with Crippen molar-refractivity contribution in [2.45, 2.75) is 6.16 Å². The summed E-state index contributed by atoms with van der Waals surface area (Å²) in [4.78, 5) is 0. The highest BCUT2D eigenvalue weighted by molar-refractivity contribution is 14.0. The Hall–Kier alpha value is -1.53. The van der Waals surface area contributed by atoms with Crippen molar-refractivity contribution >= 4 is 57.1 Å². The molecule has 0 saturated carbocycles. The Morgan fingerprint density at radius 2 is 0.714 bits per heavy atom. The number of hydrogen-bond donors (Lipinski definition) is 0. The Labute approximate surface area is 189 Å². The Bertz CT molecular complexity index is 846. The lowest BCUT2D eigenvalue weighted by atomic mass is 10.2. The summed E-state index contributed by atoms with van der Waals surface area (Å²) in [6.07, 6.45) is 1.03. The van der Waals surface area contributed by atoms with Crippen LogP contribution in [-0.2, 0) is 6.16 Å². The number of benzene rings is 4. The second-order valence-corrected chi connectivity index (χ2v) is 9.95. The molecule has 0 radical (unpaired) electrons. The second kappa shape index (κ2) is 10.9. The average molecular weight is 515 g/mol. The second-order valence-electron chi connectivity index (χ2n) is 6.46. The van der Waals surface area contributed by atoms with Crippen LogP contribution < -0.4 is 15.9 Å². The van der Waals surface area contributed by atoms with Gasteiger partial charge in [0.1, 0.15) is 23.2 Å². The number of halogens is 1. The molecule has 3 heteroatoms. The monoisotopic (exact) mass is 515 g/mol. The minimum atomic E-state index is -1.78. The minimum absolute atomic E-state index is 0. The van der Waals surface area contributed by atoms with Crippen LogP contribution in [0.5, 0.6) is 0 Å². The fourth-order valence-electron chi connectivity index (χ4n) is 3.63. The van der Waals surface area contributed by atoms with Gasteiger partial charge in [0.2, 0.25) is 0 Å². The Kier molecular flexibility index (Phi) is 8.83. The van der Waals surface area contributed by atoms with Crippen LogP contribution >= 0.6 is 41.1 Å². The van der Waals surface area contributed by atoms with Gasteiger partial charge >= 0.3 is 0 Å². The zero-order valence-electron chi connectivity index (χ0n) is 15.8. The molecule has 0 heterocycles. The van der Waals surface area contributed by atoms with E-state index in [0.717, 1.165) is 6.16 Å². The highest BCUT2D eigenvalue weighted by Gasteiger charge is 2.45. The smallest absolute Gasteiger partial charge is 0.116 e. The van der Waals surface area contributed by atoms with Gasteiger partial charge in [-0.05, 0) is 42.0 Å². The van der Waals surface area contributed by atoms with Gasteiger partial charge in [-0.15, -0.1) is 24.0 Å². The van der Waals surface area contributed by atoms with E-state index in [1.165, 1.54) is 21.5 Å². The average Bonchev–Trinajstić information content (AvgIpc) is 2.75. The molecule has 0 amide bonds. The van der Waals surface area contributed by atoms with E-state index in [4.69, 9.17) is 0 Å². The summed E-state index contributed by atoms with van der Waals surface area (Å²) in [5.74, 6) is 0. The van der Waals surface area contributed by atoms with Gasteiger partial charge in [-0.3, -0.25) is 0 Å². The van der Waals surface area contributed by atoms with Gasteiger partial charge in [0, 0.05) is 0 Å². The zero-order valence-corrected chi connectivity index (χ0v) is 20.5. The predicted molar refractivity (Wildman–Crippen MR) is 142 cm³/mol. The zero-order chi connectivity index (χ0) is 17.7. The maximum absolute atomic E-state index is 2.30. The molecule has 0 aliphatic rings. The molecule has 0 N–H and O–H groups in total. The van der Waals surface area contributed by atoms with Gasteiger partial charge in [0.15, 0.2) is 0 Å². The number of rotatable bonds is 5. The van der Waals surface area contributed by atoms with Crippen LogP contribution in [0.1, 0.15) is 5.56 Å². The van der Waals surface area contributed by atoms with Crippen LogP contribution in [0.2, 0.25) is 0 Å². The molecule has 4 aromatic carbocycles. The molecule has 142 valence electrons. The molecule has 1 atom stereocenters. The van der Waals surface area contributed by atoms with Gasteiger partial charge < -0.3 is 0 Å². The van der Waals surface area contributed by atoms with Crippen molar-refractivity contribution in [3.05, 3.63) is 127 Å². The van der Waals surface area contributed by atoms with E-state index >= 15 is 0 Å². The molecule has 0 fully saturated rings. The van der Waals surface area contributed by atoms with E-state index in [9.17, 15) is 0 Å². The lowest BCUT2D eigenvalue weighted by molar-refractivity contribution is 1.39. The molecular weight excluding hydrogens is 489 g/mol. The normalized spacial score (nSPS) is 10.4. The van der Waals surface area contributed by atoms with Crippen LogP contribution in [0.3, 0.4) is 0 Å². The van der Waals surface area contributed by atoms with Gasteiger partial charge in [-0.25, -0.2) is 0 Å². The summed E-state index contributed by atoms with van der Waals surface area (Å²) in [6.45, 7) is 0. The van der Waals surface area contributed by atoms with Crippen molar-refractivity contribution in [3.63, 3.8) is 0 Å². The highest BCUT2D eigenvalue weighted by atomic mass is 127. The van der Waals surface area contributed by atoms with Gasteiger partial charge in [0.25, 0.3) is 0 Å². The molecule has 4 aromatic rings. The first-order valence-electron chi connectivity index (χ1n) is 8.98.